The zero-order valence-electron chi connectivity index (χ0n) is 19.7. The van der Waals surface area contributed by atoms with Crippen molar-refractivity contribution < 1.29 is 4.79 Å². The number of hydrogen-bond acceptors (Lipinski definition) is 4. The highest BCUT2D eigenvalue weighted by molar-refractivity contribution is 9.10. The van der Waals surface area contributed by atoms with Crippen LogP contribution in [0, 0.1) is 13.8 Å². The largest absolute Gasteiger partial charge is 0.298 e. The molecule has 2 heterocycles. The van der Waals surface area contributed by atoms with Crippen molar-refractivity contribution in [2.24, 2.45) is 0 Å². The zero-order valence-corrected chi connectivity index (χ0v) is 22.1. The second-order valence-corrected chi connectivity index (χ2v) is 10.6. The van der Waals surface area contributed by atoms with Crippen molar-refractivity contribution in [2.75, 3.05) is 5.32 Å². The highest BCUT2D eigenvalue weighted by Crippen LogP contribution is 2.32. The SMILES string of the molecule is CCc1ccc(-c2nc(NC(=O)c3cc(-c4ccc(C)cc4)nc4ccc(Br)cc34)sc2C)cc1. The van der Waals surface area contributed by atoms with E-state index in [9.17, 15) is 4.79 Å². The molecule has 0 atom stereocenters. The van der Waals surface area contributed by atoms with Gasteiger partial charge in [-0.15, -0.1) is 11.3 Å². The number of hydrogen-bond donors (Lipinski definition) is 1. The Bertz CT molecular complexity index is 1540. The number of thiazole rings is 1. The molecule has 174 valence electrons. The van der Waals surface area contributed by atoms with Gasteiger partial charge in [0.05, 0.1) is 22.5 Å². The van der Waals surface area contributed by atoms with Crippen LogP contribution in [0.15, 0.2) is 77.3 Å². The Morgan fingerprint density at radius 1 is 0.914 bits per heavy atom. The number of halogens is 1. The Balaban J connectivity index is 1.52. The van der Waals surface area contributed by atoms with Crippen molar-refractivity contribution in [3.05, 3.63) is 98.8 Å². The van der Waals surface area contributed by atoms with Crippen LogP contribution in [0.4, 0.5) is 5.13 Å². The second-order valence-electron chi connectivity index (χ2n) is 8.51. The maximum Gasteiger partial charge on any atom is 0.258 e. The summed E-state index contributed by atoms with van der Waals surface area (Å²) >= 11 is 5.02. The number of fused-ring (bicyclic) bond motifs is 1. The van der Waals surface area contributed by atoms with Gasteiger partial charge in [0.2, 0.25) is 0 Å². The fraction of sp³-hybridized carbons (Fsp3) is 0.138. The van der Waals surface area contributed by atoms with E-state index in [1.807, 2.05) is 43.3 Å². The first-order chi connectivity index (χ1) is 16.9. The van der Waals surface area contributed by atoms with Gasteiger partial charge in [0, 0.05) is 25.9 Å². The van der Waals surface area contributed by atoms with Gasteiger partial charge in [0.15, 0.2) is 5.13 Å². The summed E-state index contributed by atoms with van der Waals surface area (Å²) in [5.41, 5.74) is 7.48. The van der Waals surface area contributed by atoms with Gasteiger partial charge in [-0.3, -0.25) is 10.1 Å². The van der Waals surface area contributed by atoms with Crippen LogP contribution >= 0.6 is 27.3 Å². The van der Waals surface area contributed by atoms with E-state index in [-0.39, 0.29) is 5.91 Å². The van der Waals surface area contributed by atoms with Crippen molar-refractivity contribution in [3.8, 4) is 22.5 Å². The summed E-state index contributed by atoms with van der Waals surface area (Å²) in [6.45, 7) is 6.23. The molecular formula is C29H24BrN3OS. The number of benzene rings is 3. The maximum absolute atomic E-state index is 13.5. The van der Waals surface area contributed by atoms with E-state index in [1.165, 1.54) is 22.5 Å². The van der Waals surface area contributed by atoms with Crippen molar-refractivity contribution >= 4 is 49.2 Å². The highest BCUT2D eigenvalue weighted by Gasteiger charge is 2.18. The van der Waals surface area contributed by atoms with Gasteiger partial charge in [0.25, 0.3) is 5.91 Å². The molecular weight excluding hydrogens is 518 g/mol. The average molecular weight is 543 g/mol. The molecule has 5 aromatic rings. The molecule has 0 aliphatic rings. The van der Waals surface area contributed by atoms with Crippen molar-refractivity contribution in [1.82, 2.24) is 9.97 Å². The van der Waals surface area contributed by atoms with Gasteiger partial charge in [-0.2, -0.15) is 0 Å². The smallest absolute Gasteiger partial charge is 0.258 e. The lowest BCUT2D eigenvalue weighted by molar-refractivity contribution is 0.102. The summed E-state index contributed by atoms with van der Waals surface area (Å²) in [6, 6.07) is 24.3. The second kappa shape index (κ2) is 9.72. The van der Waals surface area contributed by atoms with E-state index in [0.29, 0.717) is 10.7 Å². The Kier molecular flexibility index (Phi) is 6.50. The summed E-state index contributed by atoms with van der Waals surface area (Å²) in [5.74, 6) is -0.203. The number of pyridine rings is 1. The van der Waals surface area contributed by atoms with Gasteiger partial charge in [-0.25, -0.2) is 9.97 Å². The quantitative estimate of drug-likeness (QED) is 0.244. The zero-order chi connectivity index (χ0) is 24.5. The predicted octanol–water partition coefficient (Wildman–Crippen LogP) is 8.22. The predicted molar refractivity (Wildman–Crippen MR) is 149 cm³/mol. The Hall–Kier alpha value is -3.35. The minimum absolute atomic E-state index is 0.203. The molecule has 35 heavy (non-hydrogen) atoms. The van der Waals surface area contributed by atoms with Crippen LogP contribution in [0.25, 0.3) is 33.4 Å². The lowest BCUT2D eigenvalue weighted by atomic mass is 10.0. The number of carbonyl (C=O) groups is 1. The molecule has 0 saturated carbocycles. The van der Waals surface area contributed by atoms with Gasteiger partial charge in [0.1, 0.15) is 0 Å². The third-order valence-corrected chi connectivity index (χ3v) is 7.39. The highest BCUT2D eigenvalue weighted by atomic mass is 79.9. The number of aryl methyl sites for hydroxylation is 3. The van der Waals surface area contributed by atoms with Crippen LogP contribution in [0.5, 0.6) is 0 Å². The van der Waals surface area contributed by atoms with Gasteiger partial charge < -0.3 is 0 Å². The molecule has 0 bridgehead atoms. The van der Waals surface area contributed by atoms with E-state index in [0.717, 1.165) is 49.2 Å². The summed E-state index contributed by atoms with van der Waals surface area (Å²) in [5, 5.41) is 4.41. The molecule has 0 aliphatic carbocycles. The lowest BCUT2D eigenvalue weighted by Gasteiger charge is -2.10. The monoisotopic (exact) mass is 541 g/mol. The number of anilines is 1. The molecule has 0 unspecified atom stereocenters. The Morgan fingerprint density at radius 2 is 1.63 bits per heavy atom. The molecule has 2 aromatic heterocycles. The molecule has 1 amide bonds. The molecule has 0 spiro atoms. The third kappa shape index (κ3) is 4.90. The maximum atomic E-state index is 13.5. The average Bonchev–Trinajstić information content (AvgIpc) is 3.23. The van der Waals surface area contributed by atoms with Crippen LogP contribution in [0.3, 0.4) is 0 Å². The van der Waals surface area contributed by atoms with E-state index >= 15 is 0 Å². The minimum Gasteiger partial charge on any atom is -0.298 e. The molecule has 0 radical (unpaired) electrons. The van der Waals surface area contributed by atoms with Gasteiger partial charge >= 0.3 is 0 Å². The van der Waals surface area contributed by atoms with Crippen LogP contribution in [0.1, 0.15) is 33.3 Å². The fourth-order valence-corrected chi connectivity index (χ4v) is 5.23. The van der Waals surface area contributed by atoms with E-state index in [1.54, 1.807) is 0 Å². The summed E-state index contributed by atoms with van der Waals surface area (Å²) in [7, 11) is 0. The number of aromatic nitrogens is 2. The van der Waals surface area contributed by atoms with E-state index < -0.39 is 0 Å². The first kappa shape index (κ1) is 23.4. The topological polar surface area (TPSA) is 54.9 Å². The van der Waals surface area contributed by atoms with E-state index in [4.69, 9.17) is 9.97 Å². The van der Waals surface area contributed by atoms with Crippen LogP contribution in [-0.4, -0.2) is 15.9 Å². The molecule has 0 saturated heterocycles. The number of carbonyl (C=O) groups excluding carboxylic acids is 1. The molecule has 0 fully saturated rings. The molecule has 4 nitrogen and oxygen atoms in total. The van der Waals surface area contributed by atoms with Gasteiger partial charge in [-0.1, -0.05) is 76.9 Å². The lowest BCUT2D eigenvalue weighted by Crippen LogP contribution is -2.13. The fourth-order valence-electron chi connectivity index (χ4n) is 4.04. The van der Waals surface area contributed by atoms with Gasteiger partial charge in [-0.05, 0) is 50.1 Å². The summed E-state index contributed by atoms with van der Waals surface area (Å²) in [6.07, 6.45) is 0.998. The standard InChI is InChI=1S/C29H24BrN3OS/c1-4-19-7-11-21(12-8-19)27-18(3)35-29(32-27)33-28(34)24-16-26(20-9-5-17(2)6-10-20)31-25-14-13-22(30)15-23(24)25/h5-16H,4H2,1-3H3,(H,32,33,34). The Morgan fingerprint density at radius 3 is 2.34 bits per heavy atom. The van der Waals surface area contributed by atoms with Crippen LogP contribution in [0.2, 0.25) is 0 Å². The van der Waals surface area contributed by atoms with Crippen molar-refractivity contribution in [1.29, 1.82) is 0 Å². The summed E-state index contributed by atoms with van der Waals surface area (Å²) in [4.78, 5) is 24.2. The first-order valence-electron chi connectivity index (χ1n) is 11.5. The molecule has 3 aromatic carbocycles. The van der Waals surface area contributed by atoms with Crippen molar-refractivity contribution in [2.45, 2.75) is 27.2 Å². The molecule has 5 rings (SSSR count). The normalized spacial score (nSPS) is 11.1. The molecule has 0 aliphatic heterocycles. The van der Waals surface area contributed by atoms with E-state index in [2.05, 4.69) is 71.5 Å². The number of amides is 1. The number of nitrogens with zero attached hydrogens (tertiary/aromatic N) is 2. The first-order valence-corrected chi connectivity index (χ1v) is 13.1. The third-order valence-electron chi connectivity index (χ3n) is 6.02. The number of rotatable bonds is 5. The molecule has 1 N–H and O–H groups in total. The van der Waals surface area contributed by atoms with Crippen LogP contribution < -0.4 is 5.32 Å². The summed E-state index contributed by atoms with van der Waals surface area (Å²) < 4.78 is 0.895. The van der Waals surface area contributed by atoms with Crippen molar-refractivity contribution in [3.63, 3.8) is 0 Å². The Labute approximate surface area is 217 Å². The molecule has 6 heteroatoms. The minimum atomic E-state index is -0.203. The number of nitrogens with one attached hydrogen (secondary N) is 1. The van der Waals surface area contributed by atoms with Crippen LogP contribution in [-0.2, 0) is 6.42 Å².